The molecule has 0 bridgehead atoms. The molecule has 0 spiro atoms. The summed E-state index contributed by atoms with van der Waals surface area (Å²) in [6.45, 7) is 3.05. The molecule has 25 heavy (non-hydrogen) atoms. The highest BCUT2D eigenvalue weighted by atomic mass is 32.2. The third-order valence-electron chi connectivity index (χ3n) is 4.77. The van der Waals surface area contributed by atoms with E-state index in [1.807, 2.05) is 4.90 Å². The van der Waals surface area contributed by atoms with Crippen molar-refractivity contribution in [2.75, 3.05) is 46.0 Å². The predicted octanol–water partition coefficient (Wildman–Crippen LogP) is 0.0796. The lowest BCUT2D eigenvalue weighted by Crippen LogP contribution is -2.52. The average molecular weight is 368 g/mol. The molecule has 1 aromatic rings. The third kappa shape index (κ3) is 3.07. The molecule has 3 heterocycles. The lowest BCUT2D eigenvalue weighted by Gasteiger charge is -2.35. The predicted molar refractivity (Wildman–Crippen MR) is 87.1 cm³/mol. The number of ether oxygens (including phenoxy) is 3. The number of nitrogens with zero attached hydrogens (tertiary/aromatic N) is 2. The fourth-order valence-corrected chi connectivity index (χ4v) is 4.84. The highest BCUT2D eigenvalue weighted by Crippen LogP contribution is 2.33. The Balaban J connectivity index is 1.47. The largest absolute Gasteiger partial charge is 0.486 e. The minimum atomic E-state index is -3.60. The van der Waals surface area contributed by atoms with Crippen LogP contribution < -0.4 is 9.47 Å². The Morgan fingerprint density at radius 1 is 0.920 bits per heavy atom. The highest BCUT2D eigenvalue weighted by molar-refractivity contribution is 7.89. The monoisotopic (exact) mass is 368 g/mol. The summed E-state index contributed by atoms with van der Waals surface area (Å²) in [4.78, 5) is 13.9. The van der Waals surface area contributed by atoms with E-state index in [-0.39, 0.29) is 16.9 Å². The zero-order valence-corrected chi connectivity index (χ0v) is 14.5. The number of benzene rings is 1. The van der Waals surface area contributed by atoms with Gasteiger partial charge in [0.1, 0.15) is 19.3 Å². The third-order valence-corrected chi connectivity index (χ3v) is 6.67. The molecule has 4 rings (SSSR count). The molecule has 0 aliphatic carbocycles. The molecular formula is C16H20N2O6S. The zero-order chi connectivity index (χ0) is 17.4. The van der Waals surface area contributed by atoms with Gasteiger partial charge in [-0.3, -0.25) is 9.69 Å². The van der Waals surface area contributed by atoms with E-state index >= 15 is 0 Å². The molecule has 0 amide bonds. The number of piperazine rings is 1. The van der Waals surface area contributed by atoms with Crippen molar-refractivity contribution in [1.82, 2.24) is 9.21 Å². The van der Waals surface area contributed by atoms with E-state index in [1.54, 1.807) is 12.1 Å². The Labute approximate surface area is 146 Å². The van der Waals surface area contributed by atoms with Crippen molar-refractivity contribution >= 4 is 16.0 Å². The van der Waals surface area contributed by atoms with Crippen molar-refractivity contribution in [1.29, 1.82) is 0 Å². The van der Waals surface area contributed by atoms with Gasteiger partial charge in [-0.05, 0) is 12.1 Å². The molecule has 0 unspecified atom stereocenters. The van der Waals surface area contributed by atoms with Gasteiger partial charge in [0.25, 0.3) is 0 Å². The Kier molecular flexibility index (Phi) is 4.30. The number of carbonyl (C=O) groups is 1. The molecule has 9 heteroatoms. The molecule has 2 saturated heterocycles. The second-order valence-electron chi connectivity index (χ2n) is 6.22. The Morgan fingerprint density at radius 3 is 2.32 bits per heavy atom. The Hall–Kier alpha value is -1.84. The number of sulfonamides is 1. The van der Waals surface area contributed by atoms with Gasteiger partial charge in [-0.2, -0.15) is 4.31 Å². The van der Waals surface area contributed by atoms with Crippen LogP contribution in [0.25, 0.3) is 0 Å². The van der Waals surface area contributed by atoms with E-state index in [4.69, 9.17) is 14.2 Å². The van der Waals surface area contributed by atoms with Gasteiger partial charge in [-0.25, -0.2) is 8.42 Å². The van der Waals surface area contributed by atoms with Crippen molar-refractivity contribution < 1.29 is 27.4 Å². The van der Waals surface area contributed by atoms with Crippen molar-refractivity contribution in [3.05, 3.63) is 18.2 Å². The van der Waals surface area contributed by atoms with Crippen molar-refractivity contribution in [2.45, 2.75) is 17.4 Å². The molecule has 0 radical (unpaired) electrons. The number of esters is 1. The van der Waals surface area contributed by atoms with E-state index < -0.39 is 10.0 Å². The van der Waals surface area contributed by atoms with Crippen molar-refractivity contribution in [2.24, 2.45) is 0 Å². The van der Waals surface area contributed by atoms with Gasteiger partial charge >= 0.3 is 5.97 Å². The molecule has 0 aromatic heterocycles. The first-order valence-corrected chi connectivity index (χ1v) is 9.80. The van der Waals surface area contributed by atoms with E-state index in [2.05, 4.69) is 0 Å². The topological polar surface area (TPSA) is 85.4 Å². The van der Waals surface area contributed by atoms with E-state index in [9.17, 15) is 13.2 Å². The molecular weight excluding hydrogens is 348 g/mol. The molecule has 0 N–H and O–H groups in total. The maximum absolute atomic E-state index is 12.9. The van der Waals surface area contributed by atoms with Gasteiger partial charge in [0.2, 0.25) is 10.0 Å². The number of rotatable bonds is 3. The number of cyclic esters (lactones) is 1. The van der Waals surface area contributed by atoms with Gasteiger partial charge in [0.05, 0.1) is 11.5 Å². The number of fused-ring (bicyclic) bond motifs is 1. The zero-order valence-electron chi connectivity index (χ0n) is 13.7. The molecule has 136 valence electrons. The molecule has 3 aliphatic heterocycles. The van der Waals surface area contributed by atoms with Crippen molar-refractivity contribution in [3.8, 4) is 11.5 Å². The van der Waals surface area contributed by atoms with Crippen LogP contribution in [0.15, 0.2) is 23.1 Å². The normalized spacial score (nSPS) is 25.0. The number of hydrogen-bond acceptors (Lipinski definition) is 7. The summed E-state index contributed by atoms with van der Waals surface area (Å²) in [5.41, 5.74) is 0. The summed E-state index contributed by atoms with van der Waals surface area (Å²) in [5.74, 6) is 0.817. The standard InChI is InChI=1S/C16H20N2O6S/c19-16-13(3-8-24-16)17-4-6-18(7-5-17)25(20,21)12-1-2-14-15(11-12)23-10-9-22-14/h1-2,11,13H,3-10H2/t13-/m0/s1. The first-order valence-electron chi connectivity index (χ1n) is 8.36. The fraction of sp³-hybridized carbons (Fsp3) is 0.562. The minimum Gasteiger partial charge on any atom is -0.486 e. The maximum atomic E-state index is 12.9. The SMILES string of the molecule is O=C1OCC[C@@H]1N1CCN(S(=O)(=O)c2ccc3c(c2)OCCO3)CC1. The van der Waals surface area contributed by atoms with E-state index in [0.717, 1.165) is 0 Å². The van der Waals surface area contributed by atoms with Gasteiger partial charge < -0.3 is 14.2 Å². The second kappa shape index (κ2) is 6.47. The number of hydrogen-bond donors (Lipinski definition) is 0. The van der Waals surface area contributed by atoms with Crippen LogP contribution in [0.2, 0.25) is 0 Å². The van der Waals surface area contributed by atoms with E-state index in [1.165, 1.54) is 10.4 Å². The quantitative estimate of drug-likeness (QED) is 0.699. The molecule has 2 fully saturated rings. The van der Waals surface area contributed by atoms with Crippen LogP contribution in [0.5, 0.6) is 11.5 Å². The van der Waals surface area contributed by atoms with Crippen LogP contribution in [0.3, 0.4) is 0 Å². The molecule has 1 atom stereocenters. The summed E-state index contributed by atoms with van der Waals surface area (Å²) >= 11 is 0. The first kappa shape index (κ1) is 16.6. The molecule has 3 aliphatic rings. The smallest absolute Gasteiger partial charge is 0.323 e. The molecule has 8 nitrogen and oxygen atoms in total. The van der Waals surface area contributed by atoms with Gasteiger partial charge in [-0.1, -0.05) is 0 Å². The maximum Gasteiger partial charge on any atom is 0.323 e. The van der Waals surface area contributed by atoms with Gasteiger partial charge in [-0.15, -0.1) is 0 Å². The van der Waals surface area contributed by atoms with Crippen molar-refractivity contribution in [3.63, 3.8) is 0 Å². The highest BCUT2D eigenvalue weighted by Gasteiger charge is 2.37. The number of carbonyl (C=O) groups excluding carboxylic acids is 1. The van der Waals surface area contributed by atoms with Gasteiger partial charge in [0, 0.05) is 38.7 Å². The van der Waals surface area contributed by atoms with Crippen LogP contribution in [0.1, 0.15) is 6.42 Å². The van der Waals surface area contributed by atoms with Crippen LogP contribution in [0, 0.1) is 0 Å². The Morgan fingerprint density at radius 2 is 1.64 bits per heavy atom. The second-order valence-corrected chi connectivity index (χ2v) is 8.16. The Bertz CT molecular complexity index is 773. The average Bonchev–Trinajstić information content (AvgIpc) is 3.07. The summed E-state index contributed by atoms with van der Waals surface area (Å²) < 4.78 is 43.1. The molecule has 0 saturated carbocycles. The lowest BCUT2D eigenvalue weighted by atomic mass is 10.2. The summed E-state index contributed by atoms with van der Waals surface area (Å²) in [5, 5.41) is 0. The first-order chi connectivity index (χ1) is 12.1. The van der Waals surface area contributed by atoms with Gasteiger partial charge in [0.15, 0.2) is 11.5 Å². The summed E-state index contributed by atoms with van der Waals surface area (Å²) in [7, 11) is -3.60. The lowest BCUT2D eigenvalue weighted by molar-refractivity contribution is -0.142. The van der Waals surface area contributed by atoms with Crippen LogP contribution in [-0.4, -0.2) is 75.6 Å². The summed E-state index contributed by atoms with van der Waals surface area (Å²) in [6.07, 6.45) is 0.674. The molecule has 1 aromatic carbocycles. The van der Waals surface area contributed by atoms with E-state index in [0.29, 0.717) is 63.9 Å². The van der Waals surface area contributed by atoms with Crippen LogP contribution in [0.4, 0.5) is 0 Å². The van der Waals surface area contributed by atoms with Crippen LogP contribution in [-0.2, 0) is 19.6 Å². The van der Waals surface area contributed by atoms with Crippen LogP contribution >= 0.6 is 0 Å². The fourth-order valence-electron chi connectivity index (χ4n) is 3.41. The summed E-state index contributed by atoms with van der Waals surface area (Å²) in [6, 6.07) is 4.46. The minimum absolute atomic E-state index is 0.200.